The van der Waals surface area contributed by atoms with Crippen molar-refractivity contribution in [3.05, 3.63) is 29.3 Å². The molecule has 0 aromatic heterocycles. The molecule has 1 atom stereocenters. The third kappa shape index (κ3) is 3.05. The second-order valence-corrected chi connectivity index (χ2v) is 7.65. The first-order chi connectivity index (χ1) is 9.87. The molecular weight excluding hydrogens is 312 g/mol. The van der Waals surface area contributed by atoms with Gasteiger partial charge in [-0.15, -0.1) is 0 Å². The van der Waals surface area contributed by atoms with Crippen LogP contribution in [0.1, 0.15) is 11.1 Å². The van der Waals surface area contributed by atoms with Crippen LogP contribution in [0.25, 0.3) is 0 Å². The number of nitriles is 1. The van der Waals surface area contributed by atoms with Gasteiger partial charge in [-0.25, -0.2) is 8.42 Å². The molecule has 1 aromatic carbocycles. The summed E-state index contributed by atoms with van der Waals surface area (Å²) >= 11 is 1.43. The summed E-state index contributed by atoms with van der Waals surface area (Å²) in [5.41, 5.74) is 0.812. The Morgan fingerprint density at radius 2 is 2.24 bits per heavy atom. The van der Waals surface area contributed by atoms with Gasteiger partial charge in [-0.3, -0.25) is 4.79 Å². The molecule has 8 heteroatoms. The molecule has 2 rings (SSSR count). The lowest BCUT2D eigenvalue weighted by Gasteiger charge is -2.31. The van der Waals surface area contributed by atoms with Gasteiger partial charge in [0.05, 0.1) is 16.5 Å². The fourth-order valence-electron chi connectivity index (χ4n) is 2.21. The summed E-state index contributed by atoms with van der Waals surface area (Å²) in [4.78, 5) is 11.3. The number of carbonyl (C=O) groups is 1. The third-order valence-electron chi connectivity index (χ3n) is 3.26. The predicted octanol–water partition coefficient (Wildman–Crippen LogP) is 1.06. The summed E-state index contributed by atoms with van der Waals surface area (Å²) in [5, 5.41) is 18.0. The fraction of sp³-hybridized carbons (Fsp3) is 0.385. The van der Waals surface area contributed by atoms with Crippen molar-refractivity contribution >= 4 is 27.8 Å². The Morgan fingerprint density at radius 1 is 1.52 bits per heavy atom. The van der Waals surface area contributed by atoms with Crippen molar-refractivity contribution in [3.8, 4) is 6.07 Å². The quantitative estimate of drug-likeness (QED) is 0.891. The normalized spacial score (nSPS) is 19.9. The monoisotopic (exact) mass is 326 g/mol. The standard InChI is InChI=1S/C13H14N2O4S2/c1-9-6-10(7-14)2-3-12(9)21(18,19)15-4-5-20-8-11(15)13(16)17/h2-3,6,11H,4-5,8H2,1H3,(H,16,17). The summed E-state index contributed by atoms with van der Waals surface area (Å²) in [6.45, 7) is 1.77. The number of aryl methyl sites for hydroxylation is 1. The maximum atomic E-state index is 12.7. The lowest BCUT2D eigenvalue weighted by molar-refractivity contribution is -0.140. The Labute approximate surface area is 127 Å². The highest BCUT2D eigenvalue weighted by atomic mass is 32.2. The Balaban J connectivity index is 2.46. The van der Waals surface area contributed by atoms with Crippen molar-refractivity contribution in [1.82, 2.24) is 4.31 Å². The van der Waals surface area contributed by atoms with E-state index in [1.165, 1.54) is 30.0 Å². The van der Waals surface area contributed by atoms with Crippen molar-refractivity contribution < 1.29 is 18.3 Å². The smallest absolute Gasteiger partial charge is 0.322 e. The highest BCUT2D eigenvalue weighted by Crippen LogP contribution is 2.27. The minimum absolute atomic E-state index is 0.0552. The van der Waals surface area contributed by atoms with Crippen LogP contribution in [0, 0.1) is 18.3 Å². The van der Waals surface area contributed by atoms with Crippen molar-refractivity contribution in [2.45, 2.75) is 17.9 Å². The van der Waals surface area contributed by atoms with E-state index in [9.17, 15) is 18.3 Å². The first-order valence-corrected chi connectivity index (χ1v) is 8.80. The number of thioether (sulfide) groups is 1. The van der Waals surface area contributed by atoms with Gasteiger partial charge in [0.25, 0.3) is 0 Å². The zero-order valence-corrected chi connectivity index (χ0v) is 12.9. The lowest BCUT2D eigenvalue weighted by atomic mass is 10.2. The number of aliphatic carboxylic acids is 1. The van der Waals surface area contributed by atoms with E-state index in [4.69, 9.17) is 5.26 Å². The molecule has 1 saturated heterocycles. The number of hydrogen-bond donors (Lipinski definition) is 1. The molecule has 0 amide bonds. The van der Waals surface area contributed by atoms with E-state index in [0.717, 1.165) is 4.31 Å². The molecule has 1 fully saturated rings. The summed E-state index contributed by atoms with van der Waals surface area (Å²) in [6.07, 6.45) is 0. The van der Waals surface area contributed by atoms with E-state index in [0.29, 0.717) is 16.9 Å². The first-order valence-electron chi connectivity index (χ1n) is 6.21. The van der Waals surface area contributed by atoms with Gasteiger partial charge in [-0.2, -0.15) is 21.3 Å². The Kier molecular flexibility index (Phi) is 4.56. The number of carboxylic acid groups (broad SMARTS) is 1. The highest BCUT2D eigenvalue weighted by Gasteiger charge is 2.38. The maximum absolute atomic E-state index is 12.7. The highest BCUT2D eigenvalue weighted by molar-refractivity contribution is 7.99. The van der Waals surface area contributed by atoms with Crippen LogP contribution >= 0.6 is 11.8 Å². The molecule has 0 radical (unpaired) electrons. The van der Waals surface area contributed by atoms with Crippen LogP contribution in [0.2, 0.25) is 0 Å². The second-order valence-electron chi connectivity index (χ2n) is 4.64. The van der Waals surface area contributed by atoms with Gasteiger partial charge in [-0.05, 0) is 30.7 Å². The average Bonchev–Trinajstić information content (AvgIpc) is 2.46. The van der Waals surface area contributed by atoms with Crippen molar-refractivity contribution in [2.24, 2.45) is 0 Å². The van der Waals surface area contributed by atoms with E-state index in [2.05, 4.69) is 0 Å². The van der Waals surface area contributed by atoms with Gasteiger partial charge in [0.15, 0.2) is 0 Å². The lowest BCUT2D eigenvalue weighted by Crippen LogP contribution is -2.50. The van der Waals surface area contributed by atoms with Crippen molar-refractivity contribution in [1.29, 1.82) is 5.26 Å². The number of hydrogen-bond acceptors (Lipinski definition) is 5. The average molecular weight is 326 g/mol. The molecule has 112 valence electrons. The SMILES string of the molecule is Cc1cc(C#N)ccc1S(=O)(=O)N1CCSCC1C(=O)O. The number of benzene rings is 1. The van der Waals surface area contributed by atoms with Gasteiger partial charge >= 0.3 is 5.97 Å². The van der Waals surface area contributed by atoms with Crippen LogP contribution in [0.3, 0.4) is 0 Å². The second kappa shape index (κ2) is 6.05. The van der Waals surface area contributed by atoms with Crippen molar-refractivity contribution in [3.63, 3.8) is 0 Å². The number of rotatable bonds is 3. The molecule has 1 aromatic rings. The molecule has 1 aliphatic heterocycles. The number of sulfonamides is 1. The summed E-state index contributed by atoms with van der Waals surface area (Å²) in [6, 6.07) is 5.17. The molecule has 21 heavy (non-hydrogen) atoms. The Bertz CT molecular complexity index is 709. The topological polar surface area (TPSA) is 98.5 Å². The molecule has 1 heterocycles. The number of nitrogens with zero attached hydrogens (tertiary/aromatic N) is 2. The molecule has 6 nitrogen and oxygen atoms in total. The molecule has 0 saturated carbocycles. The van der Waals surface area contributed by atoms with Crippen LogP contribution in [0.4, 0.5) is 0 Å². The summed E-state index contributed by atoms with van der Waals surface area (Å²) in [5.74, 6) is -0.334. The van der Waals surface area contributed by atoms with E-state index in [1.54, 1.807) is 6.92 Å². The van der Waals surface area contributed by atoms with Crippen molar-refractivity contribution in [2.75, 3.05) is 18.1 Å². The van der Waals surface area contributed by atoms with Gasteiger partial charge in [-0.1, -0.05) is 0 Å². The summed E-state index contributed by atoms with van der Waals surface area (Å²) in [7, 11) is -3.88. The summed E-state index contributed by atoms with van der Waals surface area (Å²) < 4.78 is 26.4. The van der Waals surface area contributed by atoms with Crippen LogP contribution in [-0.2, 0) is 14.8 Å². The van der Waals surface area contributed by atoms with E-state index in [1.807, 2.05) is 6.07 Å². The Hall–Kier alpha value is -1.56. The maximum Gasteiger partial charge on any atom is 0.322 e. The zero-order chi connectivity index (χ0) is 15.6. The Morgan fingerprint density at radius 3 is 2.81 bits per heavy atom. The van der Waals surface area contributed by atoms with Gasteiger partial charge in [0, 0.05) is 18.1 Å². The largest absolute Gasteiger partial charge is 0.480 e. The van der Waals surface area contributed by atoms with Gasteiger partial charge < -0.3 is 5.11 Å². The minimum Gasteiger partial charge on any atom is -0.480 e. The third-order valence-corrected chi connectivity index (χ3v) is 6.35. The zero-order valence-electron chi connectivity index (χ0n) is 11.3. The molecule has 1 aliphatic rings. The van der Waals surface area contributed by atoms with Crippen LogP contribution in [-0.4, -0.2) is 47.9 Å². The molecule has 0 aliphatic carbocycles. The minimum atomic E-state index is -3.88. The molecule has 0 spiro atoms. The molecule has 1 N–H and O–H groups in total. The van der Waals surface area contributed by atoms with Crippen LogP contribution in [0.15, 0.2) is 23.1 Å². The first kappa shape index (κ1) is 15.8. The van der Waals surface area contributed by atoms with E-state index >= 15 is 0 Å². The fourth-order valence-corrected chi connectivity index (χ4v) is 5.24. The van der Waals surface area contributed by atoms with Gasteiger partial charge in [0.2, 0.25) is 10.0 Å². The predicted molar refractivity (Wildman–Crippen MR) is 78.5 cm³/mol. The number of carboxylic acids is 1. The molecule has 0 bridgehead atoms. The van der Waals surface area contributed by atoms with E-state index < -0.39 is 22.0 Å². The van der Waals surface area contributed by atoms with Gasteiger partial charge in [0.1, 0.15) is 6.04 Å². The van der Waals surface area contributed by atoms with E-state index in [-0.39, 0.29) is 17.2 Å². The van der Waals surface area contributed by atoms with Crippen LogP contribution < -0.4 is 0 Å². The molecule has 1 unspecified atom stereocenters. The molecular formula is C13H14N2O4S2. The van der Waals surface area contributed by atoms with Crippen LogP contribution in [0.5, 0.6) is 0 Å².